The number of nitrogens with zero attached hydrogens (tertiary/aromatic N) is 1. The fourth-order valence-electron chi connectivity index (χ4n) is 3.57. The van der Waals surface area contributed by atoms with Gasteiger partial charge in [0, 0.05) is 23.5 Å². The van der Waals surface area contributed by atoms with Gasteiger partial charge in [-0.05, 0) is 31.0 Å². The zero-order valence-electron chi connectivity index (χ0n) is 13.3. The summed E-state index contributed by atoms with van der Waals surface area (Å²) in [5.74, 6) is -0.860. The van der Waals surface area contributed by atoms with Gasteiger partial charge < -0.3 is 19.9 Å². The van der Waals surface area contributed by atoms with Crippen LogP contribution in [0.2, 0.25) is 0 Å². The maximum atomic E-state index is 13.6. The summed E-state index contributed by atoms with van der Waals surface area (Å²) in [4.78, 5) is 40.4. The molecule has 2 saturated heterocycles. The van der Waals surface area contributed by atoms with E-state index >= 15 is 0 Å². The number of amides is 2. The topological polar surface area (TPSA) is 91.5 Å². The first kappa shape index (κ1) is 15.6. The van der Waals surface area contributed by atoms with E-state index in [-0.39, 0.29) is 18.0 Å². The zero-order chi connectivity index (χ0) is 17.6. The highest BCUT2D eigenvalue weighted by Crippen LogP contribution is 2.29. The largest absolute Gasteiger partial charge is 0.439 e. The summed E-state index contributed by atoms with van der Waals surface area (Å²) < 4.78 is 19.0. The van der Waals surface area contributed by atoms with E-state index in [1.54, 1.807) is 4.90 Å². The smallest absolute Gasteiger partial charge is 0.407 e. The number of benzene rings is 1. The predicted molar refractivity (Wildman–Crippen MR) is 86.9 cm³/mol. The van der Waals surface area contributed by atoms with Crippen LogP contribution in [0.3, 0.4) is 0 Å². The van der Waals surface area contributed by atoms with Crippen LogP contribution >= 0.6 is 0 Å². The molecule has 1 aromatic carbocycles. The zero-order valence-corrected chi connectivity index (χ0v) is 13.3. The van der Waals surface area contributed by atoms with Gasteiger partial charge >= 0.3 is 6.09 Å². The van der Waals surface area contributed by atoms with E-state index in [0.717, 1.165) is 0 Å². The number of carbonyl (C=O) groups is 2. The number of fused-ring (bicyclic) bond motifs is 1. The Morgan fingerprint density at radius 2 is 2.12 bits per heavy atom. The number of carbonyl (C=O) groups excluding carboxylic acids is 2. The normalized spacial score (nSPS) is 22.9. The van der Waals surface area contributed by atoms with Crippen LogP contribution in [-0.4, -0.2) is 47.1 Å². The van der Waals surface area contributed by atoms with Crippen LogP contribution in [0.1, 0.15) is 23.2 Å². The molecule has 4 rings (SSSR count). The molecule has 0 unspecified atom stereocenters. The van der Waals surface area contributed by atoms with E-state index in [9.17, 15) is 18.8 Å². The van der Waals surface area contributed by atoms with E-state index in [4.69, 9.17) is 4.74 Å². The molecule has 2 amide bonds. The van der Waals surface area contributed by atoms with Crippen LogP contribution in [0, 0.1) is 5.82 Å². The number of halogens is 1. The number of hydrogen-bond donors (Lipinski definition) is 2. The van der Waals surface area contributed by atoms with Crippen molar-refractivity contribution in [2.75, 3.05) is 19.6 Å². The molecule has 130 valence electrons. The van der Waals surface area contributed by atoms with Gasteiger partial charge in [0.25, 0.3) is 5.91 Å². The second-order valence-electron chi connectivity index (χ2n) is 6.49. The average molecular weight is 345 g/mol. The number of hydrogen-bond acceptors (Lipinski definition) is 4. The van der Waals surface area contributed by atoms with Crippen molar-refractivity contribution in [3.05, 3.63) is 46.0 Å². The van der Waals surface area contributed by atoms with Crippen LogP contribution in [0.25, 0.3) is 10.9 Å². The number of ether oxygens (including phenoxy) is 1. The van der Waals surface area contributed by atoms with E-state index in [1.165, 1.54) is 24.3 Å². The van der Waals surface area contributed by atoms with E-state index in [0.29, 0.717) is 36.8 Å². The lowest BCUT2D eigenvalue weighted by atomic mass is 9.92. The van der Waals surface area contributed by atoms with E-state index < -0.39 is 23.1 Å². The molecule has 2 aliphatic heterocycles. The third-order valence-electron chi connectivity index (χ3n) is 4.73. The van der Waals surface area contributed by atoms with Gasteiger partial charge in [-0.1, -0.05) is 0 Å². The Hall–Kier alpha value is -2.90. The second-order valence-corrected chi connectivity index (χ2v) is 6.49. The molecule has 0 bridgehead atoms. The fraction of sp³-hybridized carbons (Fsp3) is 0.353. The molecule has 0 aliphatic carbocycles. The first-order valence-corrected chi connectivity index (χ1v) is 8.05. The molecule has 3 heterocycles. The van der Waals surface area contributed by atoms with Gasteiger partial charge in [-0.3, -0.25) is 9.59 Å². The molecule has 2 fully saturated rings. The van der Waals surface area contributed by atoms with Crippen molar-refractivity contribution in [1.29, 1.82) is 0 Å². The summed E-state index contributed by atoms with van der Waals surface area (Å²) in [6.45, 7) is 1.08. The lowest BCUT2D eigenvalue weighted by molar-refractivity contribution is -0.00497. The maximum absolute atomic E-state index is 13.6. The maximum Gasteiger partial charge on any atom is 0.407 e. The van der Waals surface area contributed by atoms with E-state index in [1.807, 2.05) is 0 Å². The lowest BCUT2D eigenvalue weighted by Gasteiger charge is -2.38. The number of H-pyrrole nitrogens is 1. The van der Waals surface area contributed by atoms with Crippen molar-refractivity contribution in [3.63, 3.8) is 0 Å². The first-order chi connectivity index (χ1) is 12.0. The molecule has 2 N–H and O–H groups in total. The number of aromatic nitrogens is 1. The highest BCUT2D eigenvalue weighted by Gasteiger charge is 2.45. The van der Waals surface area contributed by atoms with Crippen molar-refractivity contribution in [3.8, 4) is 0 Å². The molecular weight excluding hydrogens is 329 g/mol. The van der Waals surface area contributed by atoms with Crippen molar-refractivity contribution in [2.45, 2.75) is 18.4 Å². The van der Waals surface area contributed by atoms with Crippen LogP contribution in [0.5, 0.6) is 0 Å². The van der Waals surface area contributed by atoms with Gasteiger partial charge in [0.05, 0.1) is 18.7 Å². The lowest BCUT2D eigenvalue weighted by Crippen LogP contribution is -2.52. The molecule has 2 aliphatic rings. The third-order valence-corrected chi connectivity index (χ3v) is 4.73. The summed E-state index contributed by atoms with van der Waals surface area (Å²) in [5.41, 5.74) is -0.610. The molecule has 1 spiro atoms. The molecule has 1 atom stereocenters. The minimum Gasteiger partial charge on any atom is -0.439 e. The molecule has 7 nitrogen and oxygen atoms in total. The number of nitrogens with one attached hydrogen (secondary N) is 2. The summed E-state index contributed by atoms with van der Waals surface area (Å²) in [5, 5.41) is 2.97. The number of rotatable bonds is 1. The Kier molecular flexibility index (Phi) is 3.48. The molecule has 1 aromatic heterocycles. The summed E-state index contributed by atoms with van der Waals surface area (Å²) >= 11 is 0. The third kappa shape index (κ3) is 2.73. The number of aromatic amines is 1. The van der Waals surface area contributed by atoms with Gasteiger partial charge in [-0.25, -0.2) is 9.18 Å². The van der Waals surface area contributed by atoms with Crippen LogP contribution in [-0.2, 0) is 4.74 Å². The summed E-state index contributed by atoms with van der Waals surface area (Å²) in [7, 11) is 0. The molecule has 0 radical (unpaired) electrons. The van der Waals surface area contributed by atoms with Gasteiger partial charge in [0.2, 0.25) is 5.56 Å². The van der Waals surface area contributed by atoms with Crippen molar-refractivity contribution in [2.24, 2.45) is 0 Å². The van der Waals surface area contributed by atoms with Crippen molar-refractivity contribution >= 4 is 22.9 Å². The Labute approximate surface area is 141 Å². The minimum absolute atomic E-state index is 0.146. The standard InChI is InChI=1S/C17H16FN3O4/c18-10-2-3-13-11(6-10)12(7-14(22)20-13)15(23)21-5-1-4-17(9-21)8-19-16(24)25-17/h2-3,6-7H,1,4-5,8-9H2,(H,19,24)(H,20,22)/t17-/m1/s1. The van der Waals surface area contributed by atoms with Crippen molar-refractivity contribution < 1.29 is 18.7 Å². The summed E-state index contributed by atoms with van der Waals surface area (Å²) in [6, 6.07) is 5.08. The molecule has 0 saturated carbocycles. The highest BCUT2D eigenvalue weighted by molar-refractivity contribution is 6.06. The summed E-state index contributed by atoms with van der Waals surface area (Å²) in [6.07, 6.45) is 0.856. The Balaban J connectivity index is 1.71. The Bertz CT molecular complexity index is 941. The average Bonchev–Trinajstić information content (AvgIpc) is 2.94. The van der Waals surface area contributed by atoms with Crippen LogP contribution in [0.15, 0.2) is 29.1 Å². The fourth-order valence-corrected chi connectivity index (χ4v) is 3.57. The molecule has 25 heavy (non-hydrogen) atoms. The SMILES string of the molecule is O=C1NC[C@@]2(CCCN(C(=O)c3cc(=O)[nH]c4ccc(F)cc34)C2)O1. The van der Waals surface area contributed by atoms with Gasteiger partial charge in [0.1, 0.15) is 11.4 Å². The van der Waals surface area contributed by atoms with Gasteiger partial charge in [-0.15, -0.1) is 0 Å². The predicted octanol–water partition coefficient (Wildman–Crippen LogP) is 1.38. The van der Waals surface area contributed by atoms with Crippen LogP contribution in [0.4, 0.5) is 9.18 Å². The monoisotopic (exact) mass is 345 g/mol. The minimum atomic E-state index is -0.729. The Morgan fingerprint density at radius 1 is 1.28 bits per heavy atom. The molecule has 2 aromatic rings. The number of pyridine rings is 1. The number of likely N-dealkylation sites (tertiary alicyclic amines) is 1. The first-order valence-electron chi connectivity index (χ1n) is 8.05. The quantitative estimate of drug-likeness (QED) is 0.817. The molecular formula is C17H16FN3O4. The van der Waals surface area contributed by atoms with Crippen LogP contribution < -0.4 is 10.9 Å². The Morgan fingerprint density at radius 3 is 2.88 bits per heavy atom. The highest BCUT2D eigenvalue weighted by atomic mass is 19.1. The van der Waals surface area contributed by atoms with E-state index in [2.05, 4.69) is 10.3 Å². The number of piperidine rings is 1. The van der Waals surface area contributed by atoms with Gasteiger partial charge in [0.15, 0.2) is 0 Å². The second kappa shape index (κ2) is 5.58. The molecule has 8 heteroatoms. The number of alkyl carbamates (subject to hydrolysis) is 1. The van der Waals surface area contributed by atoms with Crippen molar-refractivity contribution in [1.82, 2.24) is 15.2 Å². The van der Waals surface area contributed by atoms with Gasteiger partial charge in [-0.2, -0.15) is 0 Å².